The van der Waals surface area contributed by atoms with Crippen LogP contribution < -0.4 is 10.2 Å². The molecule has 2 aromatic carbocycles. The number of halogens is 1. The van der Waals surface area contributed by atoms with E-state index < -0.39 is 0 Å². The van der Waals surface area contributed by atoms with E-state index in [4.69, 9.17) is 16.3 Å². The fourth-order valence-electron chi connectivity index (χ4n) is 4.18. The van der Waals surface area contributed by atoms with E-state index in [0.29, 0.717) is 22.2 Å². The molecular weight excluding hydrogens is 448 g/mol. The molecule has 0 radical (unpaired) electrons. The van der Waals surface area contributed by atoms with Gasteiger partial charge < -0.3 is 4.74 Å². The molecule has 0 fully saturated rings. The maximum atomic E-state index is 12.2. The molecule has 180 valence electrons. The number of aryl methyl sites for hydroxylation is 1. The lowest BCUT2D eigenvalue weighted by molar-refractivity contribution is -0.123. The number of carbonyl (C=O) groups is 1. The minimum atomic E-state index is -0.363. The van der Waals surface area contributed by atoms with Gasteiger partial charge in [-0.05, 0) is 54.0 Å². The van der Waals surface area contributed by atoms with Crippen LogP contribution in [0.25, 0.3) is 5.69 Å². The van der Waals surface area contributed by atoms with E-state index >= 15 is 0 Å². The van der Waals surface area contributed by atoms with Gasteiger partial charge in [0, 0.05) is 0 Å². The Hall–Kier alpha value is -3.12. The predicted molar refractivity (Wildman–Crippen MR) is 138 cm³/mol. The SMILES string of the molecule is Cc1nn(-c2ccccc2)c(Cl)c1/C=N/NC(=O)COc1ccc(C(C)(C)CC(C)(C)C)cc1. The molecule has 0 aliphatic rings. The van der Waals surface area contributed by atoms with E-state index in [1.54, 1.807) is 4.68 Å². The van der Waals surface area contributed by atoms with Crippen molar-refractivity contribution < 1.29 is 9.53 Å². The predicted octanol–water partition coefficient (Wildman–Crippen LogP) is 6.08. The number of ether oxygens (including phenoxy) is 1. The second-order valence-corrected chi connectivity index (χ2v) is 10.6. The first-order valence-corrected chi connectivity index (χ1v) is 11.7. The molecule has 1 amide bonds. The van der Waals surface area contributed by atoms with Gasteiger partial charge in [-0.15, -0.1) is 0 Å². The summed E-state index contributed by atoms with van der Waals surface area (Å²) < 4.78 is 7.25. The van der Waals surface area contributed by atoms with Crippen molar-refractivity contribution >= 4 is 23.7 Å². The molecule has 0 unspecified atom stereocenters. The monoisotopic (exact) mass is 480 g/mol. The molecule has 0 aliphatic carbocycles. The molecule has 0 atom stereocenters. The summed E-state index contributed by atoms with van der Waals surface area (Å²) in [7, 11) is 0. The van der Waals surface area contributed by atoms with Crippen LogP contribution in [0.2, 0.25) is 5.15 Å². The van der Waals surface area contributed by atoms with Gasteiger partial charge in [0.15, 0.2) is 6.61 Å². The number of nitrogens with one attached hydrogen (secondary N) is 1. The molecule has 1 aromatic heterocycles. The lowest BCUT2D eigenvalue weighted by Gasteiger charge is -2.33. The molecule has 0 saturated heterocycles. The van der Waals surface area contributed by atoms with E-state index in [1.807, 2.05) is 49.4 Å². The van der Waals surface area contributed by atoms with Crippen molar-refractivity contribution in [2.45, 2.75) is 53.4 Å². The lowest BCUT2D eigenvalue weighted by atomic mass is 9.72. The van der Waals surface area contributed by atoms with Crippen molar-refractivity contribution in [1.29, 1.82) is 0 Å². The van der Waals surface area contributed by atoms with E-state index in [2.05, 4.69) is 62.4 Å². The van der Waals surface area contributed by atoms with Crippen LogP contribution in [0.3, 0.4) is 0 Å². The number of hydrogen-bond donors (Lipinski definition) is 1. The highest BCUT2D eigenvalue weighted by Gasteiger charge is 2.27. The van der Waals surface area contributed by atoms with Crippen LogP contribution in [0.15, 0.2) is 59.7 Å². The van der Waals surface area contributed by atoms with Gasteiger partial charge in [0.25, 0.3) is 5.91 Å². The Morgan fingerprint density at radius 1 is 1.09 bits per heavy atom. The van der Waals surface area contributed by atoms with Crippen molar-refractivity contribution in [3.63, 3.8) is 0 Å². The second-order valence-electron chi connectivity index (χ2n) is 10.3. The minimum absolute atomic E-state index is 0.0522. The lowest BCUT2D eigenvalue weighted by Crippen LogP contribution is -2.25. The summed E-state index contributed by atoms with van der Waals surface area (Å²) in [5.74, 6) is 0.273. The molecule has 0 spiro atoms. The quantitative estimate of drug-likeness (QED) is 0.314. The molecule has 7 heteroatoms. The zero-order valence-corrected chi connectivity index (χ0v) is 21.5. The van der Waals surface area contributed by atoms with Crippen LogP contribution in [-0.4, -0.2) is 28.5 Å². The number of benzene rings is 2. The van der Waals surface area contributed by atoms with Gasteiger partial charge >= 0.3 is 0 Å². The molecule has 1 heterocycles. The first-order chi connectivity index (χ1) is 16.0. The normalized spacial score (nSPS) is 12.2. The van der Waals surface area contributed by atoms with Crippen LogP contribution >= 0.6 is 11.6 Å². The largest absolute Gasteiger partial charge is 0.484 e. The van der Waals surface area contributed by atoms with E-state index in [9.17, 15) is 4.79 Å². The fourth-order valence-corrected chi connectivity index (χ4v) is 4.50. The Bertz CT molecular complexity index is 1140. The molecule has 6 nitrogen and oxygen atoms in total. The zero-order chi connectivity index (χ0) is 24.9. The summed E-state index contributed by atoms with van der Waals surface area (Å²) in [5.41, 5.74) is 6.20. The smallest absolute Gasteiger partial charge is 0.277 e. The van der Waals surface area contributed by atoms with Crippen molar-refractivity contribution in [1.82, 2.24) is 15.2 Å². The number of rotatable bonds is 8. The maximum Gasteiger partial charge on any atom is 0.277 e. The number of aromatic nitrogens is 2. The standard InChI is InChI=1S/C27H33ClN4O2/c1-19-23(25(28)32(31-19)21-10-8-7-9-11-21)16-29-30-24(33)17-34-22-14-12-20(13-15-22)27(5,6)18-26(2,3)4/h7-16H,17-18H2,1-6H3,(H,30,33)/b29-16+. The molecule has 0 saturated carbocycles. The van der Waals surface area contributed by atoms with Gasteiger partial charge in [0.05, 0.1) is 23.2 Å². The van der Waals surface area contributed by atoms with Gasteiger partial charge in [-0.1, -0.05) is 76.6 Å². The second kappa shape index (κ2) is 10.4. The third-order valence-corrected chi connectivity index (χ3v) is 5.77. The van der Waals surface area contributed by atoms with E-state index in [-0.39, 0.29) is 23.3 Å². The highest BCUT2D eigenvalue weighted by atomic mass is 35.5. The fraction of sp³-hybridized carbons (Fsp3) is 0.370. The van der Waals surface area contributed by atoms with E-state index in [0.717, 1.165) is 12.1 Å². The van der Waals surface area contributed by atoms with Gasteiger partial charge in [0.2, 0.25) is 0 Å². The maximum absolute atomic E-state index is 12.2. The van der Waals surface area contributed by atoms with Crippen LogP contribution in [0, 0.1) is 12.3 Å². The summed E-state index contributed by atoms with van der Waals surface area (Å²) in [4.78, 5) is 12.2. The molecule has 3 rings (SSSR count). The van der Waals surface area contributed by atoms with E-state index in [1.165, 1.54) is 11.8 Å². The van der Waals surface area contributed by atoms with Gasteiger partial charge in [0.1, 0.15) is 10.9 Å². The number of hydrazone groups is 1. The zero-order valence-electron chi connectivity index (χ0n) is 20.7. The first-order valence-electron chi connectivity index (χ1n) is 11.3. The number of para-hydroxylation sites is 1. The molecule has 34 heavy (non-hydrogen) atoms. The summed E-state index contributed by atoms with van der Waals surface area (Å²) in [6, 6.07) is 17.5. The van der Waals surface area contributed by atoms with Crippen LogP contribution in [0.1, 0.15) is 57.9 Å². The number of hydrogen-bond acceptors (Lipinski definition) is 4. The van der Waals surface area contributed by atoms with Crippen LogP contribution in [-0.2, 0) is 10.2 Å². The van der Waals surface area contributed by atoms with Crippen LogP contribution in [0.5, 0.6) is 5.75 Å². The number of amides is 1. The average molecular weight is 481 g/mol. The van der Waals surface area contributed by atoms with Crippen LogP contribution in [0.4, 0.5) is 0 Å². The first kappa shape index (κ1) is 25.5. The van der Waals surface area contributed by atoms with Crippen molar-refractivity contribution in [2.75, 3.05) is 6.61 Å². The molecule has 0 aliphatic heterocycles. The molecule has 0 bridgehead atoms. The Labute approximate surface area is 207 Å². The summed E-state index contributed by atoms with van der Waals surface area (Å²) in [6.45, 7) is 12.9. The third kappa shape index (κ3) is 6.70. The Kier molecular flexibility index (Phi) is 7.82. The third-order valence-electron chi connectivity index (χ3n) is 5.41. The summed E-state index contributed by atoms with van der Waals surface area (Å²) >= 11 is 6.47. The summed E-state index contributed by atoms with van der Waals surface area (Å²) in [6.07, 6.45) is 2.56. The number of nitrogens with zero attached hydrogens (tertiary/aromatic N) is 3. The van der Waals surface area contributed by atoms with Gasteiger partial charge in [-0.2, -0.15) is 10.2 Å². The minimum Gasteiger partial charge on any atom is -0.484 e. The van der Waals surface area contributed by atoms with Gasteiger partial charge in [-0.3, -0.25) is 4.79 Å². The average Bonchev–Trinajstić information content (AvgIpc) is 3.05. The molecule has 3 aromatic rings. The highest BCUT2D eigenvalue weighted by molar-refractivity contribution is 6.32. The van der Waals surface area contributed by atoms with Crippen molar-refractivity contribution in [3.05, 3.63) is 76.6 Å². The van der Waals surface area contributed by atoms with Gasteiger partial charge in [-0.25, -0.2) is 10.1 Å². The molecule has 1 N–H and O–H groups in total. The summed E-state index contributed by atoms with van der Waals surface area (Å²) in [5, 5.41) is 8.90. The Morgan fingerprint density at radius 3 is 2.35 bits per heavy atom. The number of carbonyl (C=O) groups excluding carboxylic acids is 1. The Balaban J connectivity index is 1.55. The van der Waals surface area contributed by atoms with Crippen molar-refractivity contribution in [3.8, 4) is 11.4 Å². The highest BCUT2D eigenvalue weighted by Crippen LogP contribution is 2.36. The molecular formula is C27H33ClN4O2. The Morgan fingerprint density at radius 2 is 1.74 bits per heavy atom. The van der Waals surface area contributed by atoms with Crippen molar-refractivity contribution in [2.24, 2.45) is 10.5 Å². The topological polar surface area (TPSA) is 68.5 Å².